The van der Waals surface area contributed by atoms with Gasteiger partial charge in [-0.2, -0.15) is 0 Å². The average molecular weight is 370 g/mol. The highest BCUT2D eigenvalue weighted by Gasteiger charge is 2.29. The molecule has 1 fully saturated rings. The predicted octanol–water partition coefficient (Wildman–Crippen LogP) is 3.99. The van der Waals surface area contributed by atoms with Crippen molar-refractivity contribution >= 4 is 11.9 Å². The molecule has 6 heteroatoms. The van der Waals surface area contributed by atoms with Gasteiger partial charge in [0, 0.05) is 18.7 Å². The summed E-state index contributed by atoms with van der Waals surface area (Å²) < 4.78 is 11.0. The van der Waals surface area contributed by atoms with E-state index in [4.69, 9.17) is 9.15 Å². The maximum Gasteiger partial charge on any atom is 0.361 e. The molecule has 27 heavy (non-hydrogen) atoms. The van der Waals surface area contributed by atoms with Gasteiger partial charge in [-0.1, -0.05) is 37.5 Å². The maximum atomic E-state index is 12.6. The van der Waals surface area contributed by atoms with E-state index in [9.17, 15) is 9.59 Å². The van der Waals surface area contributed by atoms with Gasteiger partial charge in [0.05, 0.1) is 0 Å². The van der Waals surface area contributed by atoms with Gasteiger partial charge in [-0.25, -0.2) is 9.78 Å². The summed E-state index contributed by atoms with van der Waals surface area (Å²) in [7, 11) is 1.79. The van der Waals surface area contributed by atoms with Gasteiger partial charge >= 0.3 is 5.97 Å². The lowest BCUT2D eigenvalue weighted by molar-refractivity contribution is -0.141. The number of aryl methyl sites for hydroxylation is 1. The van der Waals surface area contributed by atoms with Crippen molar-refractivity contribution in [3.63, 3.8) is 0 Å². The number of benzene rings is 1. The summed E-state index contributed by atoms with van der Waals surface area (Å²) in [6.07, 6.45) is 4.64. The molecular formula is C21H26N2O4. The summed E-state index contributed by atoms with van der Waals surface area (Å²) in [5.41, 5.74) is 0.884. The van der Waals surface area contributed by atoms with E-state index in [2.05, 4.69) is 4.98 Å². The van der Waals surface area contributed by atoms with Gasteiger partial charge in [0.15, 0.2) is 11.8 Å². The molecule has 1 aliphatic carbocycles. The minimum Gasteiger partial charge on any atom is -0.448 e. The first-order chi connectivity index (χ1) is 13.0. The molecule has 0 aliphatic heterocycles. The van der Waals surface area contributed by atoms with Crippen molar-refractivity contribution < 1.29 is 18.7 Å². The van der Waals surface area contributed by atoms with Crippen LogP contribution in [0.3, 0.4) is 0 Å². The number of oxazole rings is 1. The Morgan fingerprint density at radius 3 is 2.52 bits per heavy atom. The van der Waals surface area contributed by atoms with Gasteiger partial charge in [-0.05, 0) is 38.8 Å². The summed E-state index contributed by atoms with van der Waals surface area (Å²) in [5.74, 6) is -0.0894. The predicted molar refractivity (Wildman–Crippen MR) is 101 cm³/mol. The summed E-state index contributed by atoms with van der Waals surface area (Å²) in [6.45, 7) is 3.27. The first-order valence-electron chi connectivity index (χ1n) is 9.48. The highest BCUT2D eigenvalue weighted by atomic mass is 16.5. The van der Waals surface area contributed by atoms with Crippen molar-refractivity contribution in [2.75, 3.05) is 7.05 Å². The minimum atomic E-state index is -0.860. The van der Waals surface area contributed by atoms with E-state index < -0.39 is 12.1 Å². The van der Waals surface area contributed by atoms with Gasteiger partial charge < -0.3 is 14.1 Å². The fraction of sp³-hybridized carbons (Fsp3) is 0.476. The molecular weight excluding hydrogens is 344 g/mol. The van der Waals surface area contributed by atoms with Crippen molar-refractivity contribution in [3.05, 3.63) is 41.8 Å². The summed E-state index contributed by atoms with van der Waals surface area (Å²) in [4.78, 5) is 31.1. The molecule has 1 aromatic carbocycles. The molecule has 1 aliphatic rings. The molecule has 1 unspecified atom stereocenters. The van der Waals surface area contributed by atoms with Crippen LogP contribution in [0.15, 0.2) is 34.7 Å². The van der Waals surface area contributed by atoms with Crippen LogP contribution in [0, 0.1) is 6.92 Å². The number of nitrogens with zero attached hydrogens (tertiary/aromatic N) is 2. The number of carbonyl (C=O) groups is 2. The van der Waals surface area contributed by atoms with Crippen LogP contribution in [-0.2, 0) is 9.53 Å². The van der Waals surface area contributed by atoms with E-state index in [-0.39, 0.29) is 17.6 Å². The smallest absolute Gasteiger partial charge is 0.361 e. The fourth-order valence-electron chi connectivity index (χ4n) is 3.49. The number of carbonyl (C=O) groups excluding carboxylic acids is 2. The highest BCUT2D eigenvalue weighted by Crippen LogP contribution is 2.24. The molecule has 1 atom stereocenters. The second kappa shape index (κ2) is 8.37. The van der Waals surface area contributed by atoms with Crippen LogP contribution in [0.2, 0.25) is 0 Å². The molecule has 0 bridgehead atoms. The molecule has 0 radical (unpaired) electrons. The van der Waals surface area contributed by atoms with Crippen LogP contribution >= 0.6 is 0 Å². The zero-order valence-corrected chi connectivity index (χ0v) is 16.1. The van der Waals surface area contributed by atoms with E-state index in [0.29, 0.717) is 11.7 Å². The summed E-state index contributed by atoms with van der Waals surface area (Å²) >= 11 is 0. The average Bonchev–Trinajstić information content (AvgIpc) is 3.10. The second-order valence-electron chi connectivity index (χ2n) is 7.08. The third-order valence-corrected chi connectivity index (χ3v) is 5.11. The number of likely N-dealkylation sites (N-methyl/N-ethyl adjacent to an activating group) is 1. The first-order valence-corrected chi connectivity index (χ1v) is 9.48. The molecule has 0 spiro atoms. The lowest BCUT2D eigenvalue weighted by Gasteiger charge is -2.32. The molecule has 1 aromatic heterocycles. The van der Waals surface area contributed by atoms with Gasteiger partial charge in [0.25, 0.3) is 5.91 Å². The van der Waals surface area contributed by atoms with Crippen LogP contribution < -0.4 is 0 Å². The SMILES string of the molecule is Cc1oc(-c2ccccc2)nc1C(=O)OC(C)C(=O)N(C)C1CCCCC1. The lowest BCUT2D eigenvalue weighted by atomic mass is 9.94. The van der Waals surface area contributed by atoms with Gasteiger partial charge in [-0.3, -0.25) is 4.79 Å². The standard InChI is InChI=1S/C21H26N2O4/c1-14-18(22-19(26-14)16-10-6-4-7-11-16)21(25)27-15(2)20(24)23(3)17-12-8-5-9-13-17/h4,6-7,10-11,15,17H,5,8-9,12-13H2,1-3H3. The third kappa shape index (κ3) is 4.38. The van der Waals surface area contributed by atoms with Crippen LogP contribution in [0.5, 0.6) is 0 Å². The van der Waals surface area contributed by atoms with Crippen molar-refractivity contribution in [2.24, 2.45) is 0 Å². The monoisotopic (exact) mass is 370 g/mol. The Hall–Kier alpha value is -2.63. The second-order valence-corrected chi connectivity index (χ2v) is 7.08. The molecule has 2 aromatic rings. The number of rotatable bonds is 5. The van der Waals surface area contributed by atoms with Crippen LogP contribution in [0.4, 0.5) is 0 Å². The molecule has 0 N–H and O–H groups in total. The Kier molecular flexibility index (Phi) is 5.94. The van der Waals surface area contributed by atoms with Crippen LogP contribution in [0.1, 0.15) is 55.3 Å². The molecule has 1 saturated carbocycles. The van der Waals surface area contributed by atoms with Gasteiger partial charge in [0.1, 0.15) is 5.76 Å². The maximum absolute atomic E-state index is 12.6. The van der Waals surface area contributed by atoms with Gasteiger partial charge in [-0.15, -0.1) is 0 Å². The third-order valence-electron chi connectivity index (χ3n) is 5.11. The van der Waals surface area contributed by atoms with Crippen molar-refractivity contribution in [1.82, 2.24) is 9.88 Å². The molecule has 1 heterocycles. The van der Waals surface area contributed by atoms with E-state index >= 15 is 0 Å². The lowest BCUT2D eigenvalue weighted by Crippen LogP contribution is -2.44. The Balaban J connectivity index is 1.66. The number of hydrogen-bond acceptors (Lipinski definition) is 5. The number of esters is 1. The van der Waals surface area contributed by atoms with Crippen molar-refractivity contribution in [2.45, 2.75) is 58.1 Å². The summed E-state index contributed by atoms with van der Waals surface area (Å²) in [5, 5.41) is 0. The minimum absolute atomic E-state index is 0.105. The normalized spacial score (nSPS) is 16.0. The largest absolute Gasteiger partial charge is 0.448 e. The number of amides is 1. The molecule has 144 valence electrons. The quantitative estimate of drug-likeness (QED) is 0.744. The Labute approximate surface area is 159 Å². The van der Waals surface area contributed by atoms with Crippen molar-refractivity contribution in [1.29, 1.82) is 0 Å². The Morgan fingerprint density at radius 1 is 1.19 bits per heavy atom. The van der Waals surface area contributed by atoms with E-state index in [1.54, 1.807) is 25.8 Å². The van der Waals surface area contributed by atoms with Crippen LogP contribution in [0.25, 0.3) is 11.5 Å². The number of aromatic nitrogens is 1. The van der Waals surface area contributed by atoms with Gasteiger partial charge in [0.2, 0.25) is 5.89 Å². The van der Waals surface area contributed by atoms with Crippen molar-refractivity contribution in [3.8, 4) is 11.5 Å². The Morgan fingerprint density at radius 2 is 1.85 bits per heavy atom. The molecule has 1 amide bonds. The zero-order valence-electron chi connectivity index (χ0n) is 16.1. The van der Waals surface area contributed by atoms with E-state index in [0.717, 1.165) is 31.2 Å². The fourth-order valence-corrected chi connectivity index (χ4v) is 3.49. The number of hydrogen-bond donors (Lipinski definition) is 0. The summed E-state index contributed by atoms with van der Waals surface area (Å²) in [6, 6.07) is 9.57. The zero-order chi connectivity index (χ0) is 19.4. The van der Waals surface area contributed by atoms with E-state index in [1.807, 2.05) is 30.3 Å². The Bertz CT molecular complexity index is 794. The number of ether oxygens (including phenoxy) is 1. The first kappa shape index (κ1) is 19.1. The molecule has 3 rings (SSSR count). The molecule has 6 nitrogen and oxygen atoms in total. The van der Waals surface area contributed by atoms with E-state index in [1.165, 1.54) is 6.42 Å². The van der Waals surface area contributed by atoms with Crippen LogP contribution in [-0.4, -0.2) is 41.0 Å². The topological polar surface area (TPSA) is 72.6 Å². The molecule has 0 saturated heterocycles. The highest BCUT2D eigenvalue weighted by molar-refractivity contribution is 5.91.